The molecule has 2 aromatic rings. The summed E-state index contributed by atoms with van der Waals surface area (Å²) in [6.45, 7) is 1.96. The van der Waals surface area contributed by atoms with Crippen molar-refractivity contribution in [3.8, 4) is 0 Å². The second-order valence-corrected chi connectivity index (χ2v) is 7.28. The summed E-state index contributed by atoms with van der Waals surface area (Å²) in [6, 6.07) is 7.47. The molecule has 0 bridgehead atoms. The predicted molar refractivity (Wildman–Crippen MR) is 98.1 cm³/mol. The molecule has 1 aromatic heterocycles. The van der Waals surface area contributed by atoms with E-state index in [2.05, 4.69) is 10.6 Å². The Morgan fingerprint density at radius 3 is 2.62 bits per heavy atom. The van der Waals surface area contributed by atoms with Crippen molar-refractivity contribution < 1.29 is 9.59 Å². The molecule has 1 heterocycles. The van der Waals surface area contributed by atoms with E-state index < -0.39 is 0 Å². The van der Waals surface area contributed by atoms with Crippen LogP contribution < -0.4 is 10.6 Å². The van der Waals surface area contributed by atoms with E-state index in [0.717, 1.165) is 36.8 Å². The molecule has 0 saturated carbocycles. The van der Waals surface area contributed by atoms with Crippen LogP contribution in [0.25, 0.3) is 0 Å². The number of anilines is 1. The highest BCUT2D eigenvalue weighted by molar-refractivity contribution is 7.17. The number of carbonyl (C=O) groups excluding carboxylic acids is 2. The number of hydrogen-bond acceptors (Lipinski definition) is 3. The van der Waals surface area contributed by atoms with Gasteiger partial charge in [0.1, 0.15) is 5.00 Å². The van der Waals surface area contributed by atoms with Crippen molar-refractivity contribution in [2.24, 2.45) is 0 Å². The van der Waals surface area contributed by atoms with Gasteiger partial charge in [0.15, 0.2) is 0 Å². The summed E-state index contributed by atoms with van der Waals surface area (Å²) in [5, 5.41) is 6.36. The van der Waals surface area contributed by atoms with Gasteiger partial charge in [0.2, 0.25) is 0 Å². The van der Waals surface area contributed by atoms with Gasteiger partial charge < -0.3 is 10.6 Å². The molecule has 126 valence electrons. The van der Waals surface area contributed by atoms with E-state index in [-0.39, 0.29) is 11.8 Å². The van der Waals surface area contributed by atoms with Gasteiger partial charge in [-0.2, -0.15) is 0 Å². The quantitative estimate of drug-likeness (QED) is 0.830. The fraction of sp³-hybridized carbons (Fsp3) is 0.368. The average Bonchev–Trinajstić information content (AvgIpc) is 2.75. The molecule has 24 heavy (non-hydrogen) atoms. The van der Waals surface area contributed by atoms with Gasteiger partial charge in [-0.25, -0.2) is 0 Å². The Morgan fingerprint density at radius 2 is 1.88 bits per heavy atom. The highest BCUT2D eigenvalue weighted by Crippen LogP contribution is 2.37. The molecule has 0 unspecified atom stereocenters. The van der Waals surface area contributed by atoms with Crippen LogP contribution in [0.5, 0.6) is 0 Å². The predicted octanol–water partition coefficient (Wildman–Crippen LogP) is 3.94. The zero-order chi connectivity index (χ0) is 17.1. The van der Waals surface area contributed by atoms with Gasteiger partial charge in [0, 0.05) is 17.5 Å². The van der Waals surface area contributed by atoms with Crippen LogP contribution >= 0.6 is 11.3 Å². The molecule has 1 aliphatic rings. The number of hydrogen-bond donors (Lipinski definition) is 2. The number of thiophene rings is 1. The Labute approximate surface area is 146 Å². The van der Waals surface area contributed by atoms with Crippen molar-refractivity contribution in [2.75, 3.05) is 12.4 Å². The third kappa shape index (κ3) is 3.36. The third-order valence-electron chi connectivity index (χ3n) is 4.38. The van der Waals surface area contributed by atoms with Crippen LogP contribution in [0.1, 0.15) is 56.0 Å². The first-order chi connectivity index (χ1) is 11.6. The van der Waals surface area contributed by atoms with E-state index in [9.17, 15) is 9.59 Å². The molecule has 0 saturated heterocycles. The maximum Gasteiger partial charge on any atom is 0.256 e. The molecule has 2 N–H and O–H groups in total. The summed E-state index contributed by atoms with van der Waals surface area (Å²) in [7, 11) is 1.63. The van der Waals surface area contributed by atoms with E-state index in [4.69, 9.17) is 0 Å². The summed E-state index contributed by atoms with van der Waals surface area (Å²) in [5.74, 6) is -0.283. The minimum atomic E-state index is -0.166. The lowest BCUT2D eigenvalue weighted by atomic mass is 10.0. The normalized spacial score (nSPS) is 13.8. The van der Waals surface area contributed by atoms with Crippen molar-refractivity contribution in [1.29, 1.82) is 0 Å². The van der Waals surface area contributed by atoms with Crippen LogP contribution in [-0.4, -0.2) is 18.9 Å². The molecular formula is C19H22N2O2S. The zero-order valence-electron chi connectivity index (χ0n) is 14.1. The van der Waals surface area contributed by atoms with E-state index in [1.165, 1.54) is 11.3 Å². The number of aryl methyl sites for hydroxylation is 2. The SMILES string of the molecule is CNC(=O)c1c(NC(=O)c2cccc(C)c2)sc2c1CCCCC2. The first-order valence-corrected chi connectivity index (χ1v) is 9.16. The number of benzene rings is 1. The van der Waals surface area contributed by atoms with Gasteiger partial charge in [-0.3, -0.25) is 9.59 Å². The van der Waals surface area contributed by atoms with Crippen LogP contribution in [0, 0.1) is 6.92 Å². The van der Waals surface area contributed by atoms with E-state index >= 15 is 0 Å². The summed E-state index contributed by atoms with van der Waals surface area (Å²) in [5.41, 5.74) is 3.43. The Balaban J connectivity index is 1.95. The van der Waals surface area contributed by atoms with Gasteiger partial charge in [0.05, 0.1) is 5.56 Å². The summed E-state index contributed by atoms with van der Waals surface area (Å²) < 4.78 is 0. The molecule has 4 nitrogen and oxygen atoms in total. The topological polar surface area (TPSA) is 58.2 Å². The van der Waals surface area contributed by atoms with Gasteiger partial charge in [-0.1, -0.05) is 24.1 Å². The molecule has 5 heteroatoms. The average molecular weight is 342 g/mol. The molecule has 2 amide bonds. The van der Waals surface area contributed by atoms with Crippen molar-refractivity contribution in [3.63, 3.8) is 0 Å². The molecule has 0 fully saturated rings. The second-order valence-electron chi connectivity index (χ2n) is 6.17. The molecule has 3 rings (SSSR count). The van der Waals surface area contributed by atoms with Gasteiger partial charge in [0.25, 0.3) is 11.8 Å². The highest BCUT2D eigenvalue weighted by atomic mass is 32.1. The maximum atomic E-state index is 12.6. The smallest absolute Gasteiger partial charge is 0.256 e. The van der Waals surface area contributed by atoms with E-state index in [1.807, 2.05) is 25.1 Å². The number of carbonyl (C=O) groups is 2. The maximum absolute atomic E-state index is 12.6. The molecule has 1 aliphatic carbocycles. The summed E-state index contributed by atoms with van der Waals surface area (Å²) in [6.07, 6.45) is 5.34. The van der Waals surface area contributed by atoms with Crippen molar-refractivity contribution in [3.05, 3.63) is 51.4 Å². The van der Waals surface area contributed by atoms with Gasteiger partial charge >= 0.3 is 0 Å². The number of amides is 2. The van der Waals surface area contributed by atoms with E-state index in [0.29, 0.717) is 16.1 Å². The Morgan fingerprint density at radius 1 is 1.08 bits per heavy atom. The van der Waals surface area contributed by atoms with Crippen LogP contribution in [-0.2, 0) is 12.8 Å². The third-order valence-corrected chi connectivity index (χ3v) is 5.59. The standard InChI is InChI=1S/C19H22N2O2S/c1-12-7-6-8-13(11-12)17(22)21-19-16(18(23)20-2)14-9-4-3-5-10-15(14)24-19/h6-8,11H,3-5,9-10H2,1-2H3,(H,20,23)(H,21,22). The summed E-state index contributed by atoms with van der Waals surface area (Å²) >= 11 is 1.55. The van der Waals surface area contributed by atoms with Crippen LogP contribution in [0.4, 0.5) is 5.00 Å². The lowest BCUT2D eigenvalue weighted by Crippen LogP contribution is -2.21. The number of nitrogens with one attached hydrogen (secondary N) is 2. The monoisotopic (exact) mass is 342 g/mol. The Kier molecular flexibility index (Phi) is 5.00. The molecule has 0 spiro atoms. The van der Waals surface area contributed by atoms with Crippen LogP contribution in [0.3, 0.4) is 0 Å². The zero-order valence-corrected chi connectivity index (χ0v) is 14.9. The fourth-order valence-corrected chi connectivity index (χ4v) is 4.44. The largest absolute Gasteiger partial charge is 0.355 e. The Hall–Kier alpha value is -2.14. The first-order valence-electron chi connectivity index (χ1n) is 8.34. The van der Waals surface area contributed by atoms with Gasteiger partial charge in [-0.05, 0) is 50.3 Å². The number of rotatable bonds is 3. The lowest BCUT2D eigenvalue weighted by molar-refractivity contribution is 0.0963. The fourth-order valence-electron chi connectivity index (χ4n) is 3.16. The van der Waals surface area contributed by atoms with Crippen molar-refractivity contribution >= 4 is 28.2 Å². The highest BCUT2D eigenvalue weighted by Gasteiger charge is 2.25. The Bertz CT molecular complexity index is 780. The minimum absolute atomic E-state index is 0.117. The molecule has 1 aromatic carbocycles. The second kappa shape index (κ2) is 7.18. The first kappa shape index (κ1) is 16.7. The minimum Gasteiger partial charge on any atom is -0.355 e. The molecule has 0 aliphatic heterocycles. The van der Waals surface area contributed by atoms with E-state index in [1.54, 1.807) is 24.5 Å². The molecule has 0 atom stereocenters. The van der Waals surface area contributed by atoms with Crippen LogP contribution in [0.2, 0.25) is 0 Å². The molecular weight excluding hydrogens is 320 g/mol. The molecule has 0 radical (unpaired) electrons. The van der Waals surface area contributed by atoms with Crippen molar-refractivity contribution in [2.45, 2.75) is 39.0 Å². The summed E-state index contributed by atoms with van der Waals surface area (Å²) in [4.78, 5) is 26.2. The van der Waals surface area contributed by atoms with Crippen molar-refractivity contribution in [1.82, 2.24) is 5.32 Å². The number of fused-ring (bicyclic) bond motifs is 1. The van der Waals surface area contributed by atoms with Gasteiger partial charge in [-0.15, -0.1) is 11.3 Å². The van der Waals surface area contributed by atoms with Crippen LogP contribution in [0.15, 0.2) is 24.3 Å². The lowest BCUT2D eigenvalue weighted by Gasteiger charge is -2.08.